The Kier molecular flexibility index (Phi) is 7.32. The van der Waals surface area contributed by atoms with Gasteiger partial charge in [0.2, 0.25) is 11.7 Å². The number of piperazine rings is 1. The third-order valence-corrected chi connectivity index (χ3v) is 5.64. The summed E-state index contributed by atoms with van der Waals surface area (Å²) in [6.45, 7) is 9.62. The normalized spacial score (nSPS) is 14.4. The number of aryl methyl sites for hydroxylation is 1. The maximum absolute atomic E-state index is 12.8. The number of rotatable bonds is 7. The van der Waals surface area contributed by atoms with Gasteiger partial charge >= 0.3 is 5.97 Å². The maximum atomic E-state index is 12.8. The average Bonchev–Trinajstić information content (AvgIpc) is 3.28. The molecule has 0 N–H and O–H groups in total. The number of amides is 1. The SMILES string of the molecule is Cc1cccc(CN2CCN(C(=O)Cn3nnc(-c4cccc(C(=O)OC(C)C)c4)n3)CC2)c1. The number of carbonyl (C=O) groups excluding carboxylic acids is 2. The molecule has 0 saturated carbocycles. The average molecular weight is 463 g/mol. The third-order valence-electron chi connectivity index (χ3n) is 5.64. The van der Waals surface area contributed by atoms with E-state index < -0.39 is 5.97 Å². The monoisotopic (exact) mass is 462 g/mol. The van der Waals surface area contributed by atoms with Crippen LogP contribution in [0.5, 0.6) is 0 Å². The van der Waals surface area contributed by atoms with Gasteiger partial charge in [-0.05, 0) is 43.7 Å². The van der Waals surface area contributed by atoms with Gasteiger partial charge in [-0.15, -0.1) is 10.2 Å². The Morgan fingerprint density at radius 1 is 1.03 bits per heavy atom. The zero-order valence-corrected chi connectivity index (χ0v) is 19.8. The summed E-state index contributed by atoms with van der Waals surface area (Å²) in [5, 5.41) is 12.4. The van der Waals surface area contributed by atoms with Crippen molar-refractivity contribution in [1.82, 2.24) is 30.0 Å². The van der Waals surface area contributed by atoms with Crippen molar-refractivity contribution < 1.29 is 14.3 Å². The first-order chi connectivity index (χ1) is 16.4. The molecule has 2 aromatic carbocycles. The van der Waals surface area contributed by atoms with E-state index in [0.29, 0.717) is 30.0 Å². The van der Waals surface area contributed by atoms with Crippen LogP contribution < -0.4 is 0 Å². The van der Waals surface area contributed by atoms with Gasteiger partial charge in [-0.3, -0.25) is 9.69 Å². The Hall–Kier alpha value is -3.59. The van der Waals surface area contributed by atoms with Crippen molar-refractivity contribution in [3.8, 4) is 11.4 Å². The molecule has 0 aliphatic carbocycles. The zero-order valence-electron chi connectivity index (χ0n) is 19.8. The highest BCUT2D eigenvalue weighted by atomic mass is 16.5. The van der Waals surface area contributed by atoms with Gasteiger partial charge in [-0.25, -0.2) is 4.79 Å². The molecule has 3 aromatic rings. The molecule has 9 heteroatoms. The van der Waals surface area contributed by atoms with Gasteiger partial charge in [0.05, 0.1) is 11.7 Å². The van der Waals surface area contributed by atoms with Gasteiger partial charge in [-0.2, -0.15) is 4.80 Å². The van der Waals surface area contributed by atoms with E-state index in [1.165, 1.54) is 15.9 Å². The molecule has 2 heterocycles. The number of benzene rings is 2. The van der Waals surface area contributed by atoms with E-state index in [4.69, 9.17) is 4.74 Å². The molecule has 1 aliphatic rings. The van der Waals surface area contributed by atoms with Crippen molar-refractivity contribution in [3.63, 3.8) is 0 Å². The summed E-state index contributed by atoms with van der Waals surface area (Å²) >= 11 is 0. The summed E-state index contributed by atoms with van der Waals surface area (Å²) in [7, 11) is 0. The van der Waals surface area contributed by atoms with E-state index >= 15 is 0 Å². The van der Waals surface area contributed by atoms with Crippen LogP contribution in [0.3, 0.4) is 0 Å². The zero-order chi connectivity index (χ0) is 24.1. The quantitative estimate of drug-likeness (QED) is 0.498. The third kappa shape index (κ3) is 6.05. The Labute approximate surface area is 199 Å². The minimum atomic E-state index is -0.402. The minimum Gasteiger partial charge on any atom is -0.459 e. The van der Waals surface area contributed by atoms with Crippen LogP contribution in [-0.2, 0) is 22.6 Å². The fourth-order valence-electron chi connectivity index (χ4n) is 3.94. The van der Waals surface area contributed by atoms with Crippen molar-refractivity contribution in [1.29, 1.82) is 0 Å². The molecule has 178 valence electrons. The minimum absolute atomic E-state index is 0.0277. The predicted octanol–water partition coefficient (Wildman–Crippen LogP) is 2.56. The first-order valence-electron chi connectivity index (χ1n) is 11.5. The summed E-state index contributed by atoms with van der Waals surface area (Å²) in [4.78, 5) is 30.5. The molecule has 0 unspecified atom stereocenters. The van der Waals surface area contributed by atoms with Crippen LogP contribution in [-0.4, -0.2) is 74.2 Å². The second kappa shape index (κ2) is 10.6. The van der Waals surface area contributed by atoms with E-state index in [9.17, 15) is 9.59 Å². The lowest BCUT2D eigenvalue weighted by Gasteiger charge is -2.34. The number of ether oxygens (including phenoxy) is 1. The molecule has 1 aromatic heterocycles. The highest BCUT2D eigenvalue weighted by molar-refractivity contribution is 5.90. The van der Waals surface area contributed by atoms with Gasteiger partial charge in [0.15, 0.2) is 0 Å². The number of aromatic nitrogens is 4. The highest BCUT2D eigenvalue weighted by Gasteiger charge is 2.22. The number of nitrogens with zero attached hydrogens (tertiary/aromatic N) is 6. The molecule has 4 rings (SSSR count). The second-order valence-corrected chi connectivity index (χ2v) is 8.82. The van der Waals surface area contributed by atoms with Gasteiger partial charge in [0, 0.05) is 38.3 Å². The first kappa shape index (κ1) is 23.6. The lowest BCUT2D eigenvalue weighted by molar-refractivity contribution is -0.134. The van der Waals surface area contributed by atoms with Crippen molar-refractivity contribution in [2.45, 2.75) is 40.0 Å². The number of hydrogen-bond acceptors (Lipinski definition) is 7. The summed E-state index contributed by atoms with van der Waals surface area (Å²) in [6.07, 6.45) is -0.203. The lowest BCUT2D eigenvalue weighted by Crippen LogP contribution is -2.49. The van der Waals surface area contributed by atoms with E-state index in [0.717, 1.165) is 19.6 Å². The fraction of sp³-hybridized carbons (Fsp3) is 0.400. The van der Waals surface area contributed by atoms with Crippen LogP contribution >= 0.6 is 0 Å². The number of esters is 1. The molecule has 0 radical (unpaired) electrons. The highest BCUT2D eigenvalue weighted by Crippen LogP contribution is 2.17. The summed E-state index contributed by atoms with van der Waals surface area (Å²) in [5.74, 6) is -0.0793. The van der Waals surface area contributed by atoms with Gasteiger partial charge in [-0.1, -0.05) is 42.0 Å². The summed E-state index contributed by atoms with van der Waals surface area (Å²) in [5.41, 5.74) is 3.61. The van der Waals surface area contributed by atoms with E-state index in [2.05, 4.69) is 51.5 Å². The molecule has 0 atom stereocenters. The van der Waals surface area contributed by atoms with Crippen molar-refractivity contribution in [3.05, 3.63) is 65.2 Å². The van der Waals surface area contributed by atoms with Crippen molar-refractivity contribution in [2.75, 3.05) is 26.2 Å². The number of hydrogen-bond donors (Lipinski definition) is 0. The van der Waals surface area contributed by atoms with Crippen LogP contribution in [0.1, 0.15) is 35.3 Å². The van der Waals surface area contributed by atoms with Gasteiger partial charge < -0.3 is 9.64 Å². The van der Waals surface area contributed by atoms with Gasteiger partial charge in [0.25, 0.3) is 0 Å². The number of tetrazole rings is 1. The maximum Gasteiger partial charge on any atom is 0.338 e. The fourth-order valence-corrected chi connectivity index (χ4v) is 3.94. The lowest BCUT2D eigenvalue weighted by atomic mass is 10.1. The van der Waals surface area contributed by atoms with Crippen molar-refractivity contribution >= 4 is 11.9 Å². The molecular weight excluding hydrogens is 432 g/mol. The van der Waals surface area contributed by atoms with E-state index in [1.807, 2.05) is 4.90 Å². The van der Waals surface area contributed by atoms with Crippen molar-refractivity contribution in [2.24, 2.45) is 0 Å². The van der Waals surface area contributed by atoms with Crippen LogP contribution in [0.25, 0.3) is 11.4 Å². The van der Waals surface area contributed by atoms with E-state index in [1.54, 1.807) is 38.1 Å². The van der Waals surface area contributed by atoms with Crippen LogP contribution in [0, 0.1) is 6.92 Å². The summed E-state index contributed by atoms with van der Waals surface area (Å²) < 4.78 is 5.24. The van der Waals surface area contributed by atoms with E-state index in [-0.39, 0.29) is 18.6 Å². The molecular formula is C25H30N6O3. The molecule has 1 saturated heterocycles. The van der Waals surface area contributed by atoms with Crippen LogP contribution in [0.15, 0.2) is 48.5 Å². The molecule has 0 bridgehead atoms. The number of carbonyl (C=O) groups is 2. The topological polar surface area (TPSA) is 93.5 Å². The second-order valence-electron chi connectivity index (χ2n) is 8.82. The molecule has 1 aliphatic heterocycles. The summed E-state index contributed by atoms with van der Waals surface area (Å²) in [6, 6.07) is 15.4. The molecule has 9 nitrogen and oxygen atoms in total. The van der Waals surface area contributed by atoms with Crippen LogP contribution in [0.2, 0.25) is 0 Å². The standard InChI is InChI=1S/C25H30N6O3/c1-18(2)34-25(33)22-9-5-8-21(15-22)24-26-28-31(27-24)17-23(32)30-12-10-29(11-13-30)16-20-7-4-6-19(3)14-20/h4-9,14-15,18H,10-13,16-17H2,1-3H3. The smallest absolute Gasteiger partial charge is 0.338 e. The Morgan fingerprint density at radius 3 is 2.53 bits per heavy atom. The molecule has 34 heavy (non-hydrogen) atoms. The Bertz CT molecular complexity index is 1150. The first-order valence-corrected chi connectivity index (χ1v) is 11.5. The Morgan fingerprint density at radius 2 is 1.79 bits per heavy atom. The largest absolute Gasteiger partial charge is 0.459 e. The van der Waals surface area contributed by atoms with Gasteiger partial charge in [0.1, 0.15) is 6.54 Å². The molecule has 1 fully saturated rings. The molecule has 1 amide bonds. The molecule has 0 spiro atoms. The Balaban J connectivity index is 1.31. The predicted molar refractivity (Wildman–Crippen MR) is 127 cm³/mol. The van der Waals surface area contributed by atoms with Crippen LogP contribution in [0.4, 0.5) is 0 Å².